The zero-order valence-corrected chi connectivity index (χ0v) is 13.7. The van der Waals surface area contributed by atoms with Crippen LogP contribution in [-0.2, 0) is 9.09 Å². The van der Waals surface area contributed by atoms with Crippen LogP contribution in [0.15, 0.2) is 0 Å². The van der Waals surface area contributed by atoms with Crippen LogP contribution in [0.4, 0.5) is 0 Å². The quantitative estimate of drug-likeness (QED) is 0.430. The van der Waals surface area contributed by atoms with E-state index in [2.05, 4.69) is 20.8 Å². The second-order valence-electron chi connectivity index (χ2n) is 3.83. The lowest BCUT2D eigenvalue weighted by Gasteiger charge is -2.29. The lowest BCUT2D eigenvalue weighted by Crippen LogP contribution is -2.20. The summed E-state index contributed by atoms with van der Waals surface area (Å²) in [5, 5.41) is 0.312. The molecule has 6 heteroatoms. The van der Waals surface area contributed by atoms with Crippen LogP contribution in [0.3, 0.4) is 0 Å². The monoisotopic (exact) mass is 297 g/mol. The van der Waals surface area contributed by atoms with E-state index in [4.69, 9.17) is 16.7 Å². The van der Waals surface area contributed by atoms with Crippen LogP contribution in [-0.4, -0.2) is 28.6 Å². The maximum atomic E-state index is 12.8. The first-order chi connectivity index (χ1) is 8.03. The van der Waals surface area contributed by atoms with Gasteiger partial charge in [-0.1, -0.05) is 39.4 Å². The second kappa shape index (κ2) is 9.37. The van der Waals surface area contributed by atoms with Gasteiger partial charge in [-0.3, -0.25) is 9.24 Å². The molecular weight excluding hydrogens is 273 g/mol. The summed E-state index contributed by atoms with van der Waals surface area (Å²) in [4.78, 5) is 0. The van der Waals surface area contributed by atoms with Gasteiger partial charge in [-0.05, 0) is 31.1 Å². The molecule has 0 fully saturated rings. The number of thiocarbonyl (C=S) groups is 1. The van der Waals surface area contributed by atoms with Gasteiger partial charge in [-0.25, -0.2) is 0 Å². The van der Waals surface area contributed by atoms with Crippen molar-refractivity contribution >= 4 is 35.8 Å². The standard InChI is InChI=1S/C11H24NO2PS2/c1-5-8-9-12(10-16)15(13,14-7-3)17-11(4)6-2/h10-11H,5-9H2,1-4H3. The topological polar surface area (TPSA) is 29.5 Å². The van der Waals surface area contributed by atoms with Crippen molar-refractivity contribution in [1.29, 1.82) is 0 Å². The molecule has 0 N–H and O–H groups in total. The summed E-state index contributed by atoms with van der Waals surface area (Å²) < 4.78 is 20.0. The van der Waals surface area contributed by atoms with E-state index in [0.29, 0.717) is 18.4 Å². The molecule has 0 saturated carbocycles. The minimum atomic E-state index is -2.84. The average Bonchev–Trinajstić information content (AvgIpc) is 2.30. The Morgan fingerprint density at radius 2 is 2.12 bits per heavy atom. The first-order valence-corrected chi connectivity index (χ1v) is 9.72. The first kappa shape index (κ1) is 17.4. The Kier molecular flexibility index (Phi) is 9.61. The van der Waals surface area contributed by atoms with E-state index in [1.54, 1.807) is 4.67 Å². The molecule has 0 aromatic carbocycles. The highest BCUT2D eigenvalue weighted by molar-refractivity contribution is 8.56. The Labute approximate surface area is 115 Å². The molecule has 0 saturated heterocycles. The van der Waals surface area contributed by atoms with Gasteiger partial charge in [-0.2, -0.15) is 0 Å². The van der Waals surface area contributed by atoms with Crippen LogP contribution in [0.25, 0.3) is 0 Å². The molecule has 0 amide bonds. The molecule has 0 radical (unpaired) electrons. The van der Waals surface area contributed by atoms with Gasteiger partial charge in [0.1, 0.15) is 0 Å². The maximum Gasteiger partial charge on any atom is 0.354 e. The summed E-state index contributed by atoms with van der Waals surface area (Å²) in [7, 11) is 0. The molecule has 0 rings (SSSR count). The van der Waals surface area contributed by atoms with E-state index in [-0.39, 0.29) is 0 Å². The number of hydrogen-bond donors (Lipinski definition) is 0. The number of hydrogen-bond acceptors (Lipinski definition) is 4. The van der Waals surface area contributed by atoms with Gasteiger partial charge in [0.15, 0.2) is 0 Å². The van der Waals surface area contributed by atoms with Crippen molar-refractivity contribution in [3.05, 3.63) is 0 Å². The van der Waals surface area contributed by atoms with Crippen molar-refractivity contribution in [2.24, 2.45) is 0 Å². The Morgan fingerprint density at radius 3 is 2.53 bits per heavy atom. The number of rotatable bonds is 10. The molecule has 0 aromatic heterocycles. The van der Waals surface area contributed by atoms with E-state index in [1.807, 2.05) is 6.92 Å². The fourth-order valence-electron chi connectivity index (χ4n) is 1.18. The molecule has 0 spiro atoms. The highest BCUT2D eigenvalue weighted by atomic mass is 32.7. The SMILES string of the molecule is CCCCN(C=S)P(=O)(OCC)SC(C)CC. The molecule has 2 unspecified atom stereocenters. The van der Waals surface area contributed by atoms with Crippen molar-refractivity contribution < 1.29 is 9.09 Å². The second-order valence-corrected chi connectivity index (χ2v) is 8.78. The number of nitrogens with zero attached hydrogens (tertiary/aromatic N) is 1. The van der Waals surface area contributed by atoms with Gasteiger partial charge < -0.3 is 4.52 Å². The summed E-state index contributed by atoms with van der Waals surface area (Å²) >= 11 is 6.39. The van der Waals surface area contributed by atoms with Crippen molar-refractivity contribution in [3.63, 3.8) is 0 Å². The van der Waals surface area contributed by atoms with Crippen LogP contribution < -0.4 is 0 Å². The Balaban J connectivity index is 4.74. The predicted molar refractivity (Wildman–Crippen MR) is 81.8 cm³/mol. The fraction of sp³-hybridized carbons (Fsp3) is 0.909. The van der Waals surface area contributed by atoms with E-state index in [0.717, 1.165) is 19.3 Å². The van der Waals surface area contributed by atoms with Gasteiger partial charge in [0.05, 0.1) is 12.1 Å². The van der Waals surface area contributed by atoms with Gasteiger partial charge in [0.2, 0.25) is 0 Å². The van der Waals surface area contributed by atoms with Crippen molar-refractivity contribution in [2.45, 2.75) is 52.2 Å². The molecule has 0 aromatic rings. The van der Waals surface area contributed by atoms with Crippen LogP contribution in [0.2, 0.25) is 0 Å². The fourth-order valence-corrected chi connectivity index (χ4v) is 6.66. The van der Waals surface area contributed by atoms with Crippen LogP contribution in [0.1, 0.15) is 47.0 Å². The third-order valence-electron chi connectivity index (χ3n) is 2.36. The lowest BCUT2D eigenvalue weighted by atomic mass is 10.3. The molecule has 0 aliphatic rings. The predicted octanol–water partition coefficient (Wildman–Crippen LogP) is 4.72. The molecule has 102 valence electrons. The first-order valence-electron chi connectivity index (χ1n) is 6.19. The molecule has 17 heavy (non-hydrogen) atoms. The lowest BCUT2D eigenvalue weighted by molar-refractivity contribution is 0.317. The van der Waals surface area contributed by atoms with Gasteiger partial charge in [0, 0.05) is 11.8 Å². The zero-order valence-electron chi connectivity index (χ0n) is 11.2. The van der Waals surface area contributed by atoms with Crippen LogP contribution in [0.5, 0.6) is 0 Å². The highest BCUT2D eigenvalue weighted by Gasteiger charge is 2.32. The van der Waals surface area contributed by atoms with E-state index >= 15 is 0 Å². The molecule has 2 atom stereocenters. The Morgan fingerprint density at radius 1 is 1.47 bits per heavy atom. The van der Waals surface area contributed by atoms with Gasteiger partial charge in [-0.15, -0.1) is 0 Å². The summed E-state index contributed by atoms with van der Waals surface area (Å²) in [5.41, 5.74) is 1.49. The van der Waals surface area contributed by atoms with Gasteiger partial charge in [0.25, 0.3) is 0 Å². The maximum absolute atomic E-state index is 12.8. The highest BCUT2D eigenvalue weighted by Crippen LogP contribution is 2.63. The largest absolute Gasteiger partial charge is 0.354 e. The Hall–Kier alpha value is 0.430. The molecule has 0 aliphatic carbocycles. The summed E-state index contributed by atoms with van der Waals surface area (Å²) in [6.45, 7) is 6.44. The molecule has 0 aliphatic heterocycles. The summed E-state index contributed by atoms with van der Waals surface area (Å²) in [5.74, 6) is 0. The van der Waals surface area contributed by atoms with Crippen molar-refractivity contribution in [2.75, 3.05) is 13.2 Å². The molecular formula is C11H24NO2PS2. The smallest absolute Gasteiger partial charge is 0.306 e. The van der Waals surface area contributed by atoms with E-state index in [1.165, 1.54) is 16.9 Å². The minimum Gasteiger partial charge on any atom is -0.306 e. The average molecular weight is 297 g/mol. The Bertz CT molecular complexity index is 264. The van der Waals surface area contributed by atoms with Crippen molar-refractivity contribution in [3.8, 4) is 0 Å². The van der Waals surface area contributed by atoms with Crippen molar-refractivity contribution in [1.82, 2.24) is 4.67 Å². The third kappa shape index (κ3) is 6.23. The van der Waals surface area contributed by atoms with E-state index in [9.17, 15) is 4.57 Å². The molecule has 3 nitrogen and oxygen atoms in total. The van der Waals surface area contributed by atoms with Crippen LogP contribution in [0, 0.1) is 0 Å². The van der Waals surface area contributed by atoms with E-state index < -0.39 is 6.72 Å². The number of unbranched alkanes of at least 4 members (excludes halogenated alkanes) is 1. The van der Waals surface area contributed by atoms with Crippen LogP contribution >= 0.6 is 30.3 Å². The normalized spacial score (nSPS) is 16.2. The third-order valence-corrected chi connectivity index (χ3v) is 8.08. The summed E-state index contributed by atoms with van der Waals surface area (Å²) in [6.07, 6.45) is 3.01. The molecule has 0 heterocycles. The minimum absolute atomic E-state index is 0.312. The van der Waals surface area contributed by atoms with Gasteiger partial charge >= 0.3 is 6.72 Å². The molecule has 0 bridgehead atoms. The summed E-state index contributed by atoms with van der Waals surface area (Å²) in [6, 6.07) is 0. The zero-order chi connectivity index (χ0) is 13.3.